The molecule has 0 saturated heterocycles. The van der Waals surface area contributed by atoms with Crippen LogP contribution in [0, 0.1) is 10.1 Å². The second-order valence-electron chi connectivity index (χ2n) is 6.15. The molecule has 31 heavy (non-hydrogen) atoms. The minimum absolute atomic E-state index is 0.162. The number of hydrogen-bond donors (Lipinski definition) is 1. The van der Waals surface area contributed by atoms with Crippen LogP contribution in [0.1, 0.15) is 5.76 Å². The minimum Gasteiger partial charge on any atom is -0.455 e. The Hall–Kier alpha value is -3.21. The van der Waals surface area contributed by atoms with E-state index in [4.69, 9.17) is 16.0 Å². The van der Waals surface area contributed by atoms with Crippen LogP contribution in [-0.4, -0.2) is 27.8 Å². The maximum absolute atomic E-state index is 12.0. The number of nitro benzene ring substituents is 1. The molecule has 0 unspecified atom stereocenters. The van der Waals surface area contributed by atoms with Gasteiger partial charge in [0.1, 0.15) is 11.5 Å². The fourth-order valence-electron chi connectivity index (χ4n) is 2.67. The number of amides is 1. The molecule has 4 aromatic rings. The van der Waals surface area contributed by atoms with Gasteiger partial charge in [0.05, 0.1) is 32.7 Å². The second-order valence-corrected chi connectivity index (χ2v) is 8.84. The summed E-state index contributed by atoms with van der Waals surface area (Å²) in [5.74, 6) is 0.499. The van der Waals surface area contributed by atoms with E-state index in [2.05, 4.69) is 15.5 Å². The first-order chi connectivity index (χ1) is 15.0. The number of nitro groups is 1. The molecule has 0 aliphatic heterocycles. The highest BCUT2D eigenvalue weighted by Crippen LogP contribution is 2.33. The Morgan fingerprint density at radius 1 is 1.29 bits per heavy atom. The number of para-hydroxylation sites is 1. The Morgan fingerprint density at radius 2 is 2.13 bits per heavy atom. The minimum atomic E-state index is -0.527. The zero-order valence-electron chi connectivity index (χ0n) is 15.6. The lowest BCUT2D eigenvalue weighted by Gasteiger charge is -2.00. The van der Waals surface area contributed by atoms with Gasteiger partial charge in [-0.25, -0.2) is 10.4 Å². The average Bonchev–Trinajstić information content (AvgIpc) is 3.39. The molecule has 11 heteroatoms. The monoisotopic (exact) mass is 472 g/mol. The zero-order chi connectivity index (χ0) is 21.8. The number of furan rings is 1. The number of hydrazone groups is 1. The lowest BCUT2D eigenvalue weighted by atomic mass is 10.1. The number of carbonyl (C=O) groups excluding carboxylic acids is 1. The lowest BCUT2D eigenvalue weighted by molar-refractivity contribution is -0.384. The predicted octanol–water partition coefficient (Wildman–Crippen LogP) is 5.36. The molecular formula is C20H13ClN4O4S2. The van der Waals surface area contributed by atoms with E-state index in [-0.39, 0.29) is 22.4 Å². The maximum atomic E-state index is 12.0. The molecule has 0 atom stereocenters. The van der Waals surface area contributed by atoms with Gasteiger partial charge in [0.15, 0.2) is 4.34 Å². The maximum Gasteiger partial charge on any atom is 0.281 e. The molecule has 0 saturated carbocycles. The number of nitrogens with zero attached hydrogens (tertiary/aromatic N) is 3. The molecule has 156 valence electrons. The van der Waals surface area contributed by atoms with Crippen molar-refractivity contribution in [3.05, 3.63) is 75.5 Å². The summed E-state index contributed by atoms with van der Waals surface area (Å²) in [5.41, 5.74) is 3.46. The fraction of sp³-hybridized carbons (Fsp3) is 0.0500. The molecule has 2 aromatic carbocycles. The Bertz CT molecular complexity index is 1270. The molecule has 0 aliphatic carbocycles. The van der Waals surface area contributed by atoms with Gasteiger partial charge >= 0.3 is 0 Å². The first kappa shape index (κ1) is 21.0. The van der Waals surface area contributed by atoms with Gasteiger partial charge in [-0.2, -0.15) is 5.10 Å². The van der Waals surface area contributed by atoms with Crippen molar-refractivity contribution in [1.29, 1.82) is 0 Å². The molecule has 8 nitrogen and oxygen atoms in total. The van der Waals surface area contributed by atoms with Crippen LogP contribution >= 0.6 is 34.7 Å². The van der Waals surface area contributed by atoms with E-state index in [1.165, 1.54) is 41.4 Å². The van der Waals surface area contributed by atoms with Gasteiger partial charge in [-0.15, -0.1) is 11.3 Å². The van der Waals surface area contributed by atoms with E-state index in [0.29, 0.717) is 17.1 Å². The zero-order valence-corrected chi connectivity index (χ0v) is 18.0. The van der Waals surface area contributed by atoms with Gasteiger partial charge in [0.25, 0.3) is 11.6 Å². The van der Waals surface area contributed by atoms with Crippen molar-refractivity contribution in [2.45, 2.75) is 4.34 Å². The fourth-order valence-corrected chi connectivity index (χ4v) is 4.70. The SMILES string of the molecule is O=C(CSc1nc2ccccc2s1)NN=Cc1ccc(-c2ccc(Cl)cc2[N+](=O)[O-])o1. The van der Waals surface area contributed by atoms with Crippen molar-refractivity contribution in [1.82, 2.24) is 10.4 Å². The van der Waals surface area contributed by atoms with Crippen molar-refractivity contribution in [2.24, 2.45) is 5.10 Å². The summed E-state index contributed by atoms with van der Waals surface area (Å²) in [6.45, 7) is 0. The third-order valence-electron chi connectivity index (χ3n) is 4.03. The summed E-state index contributed by atoms with van der Waals surface area (Å²) in [6, 6.07) is 15.3. The van der Waals surface area contributed by atoms with E-state index >= 15 is 0 Å². The molecule has 2 heterocycles. The smallest absolute Gasteiger partial charge is 0.281 e. The highest BCUT2D eigenvalue weighted by Gasteiger charge is 2.18. The number of thioether (sulfide) groups is 1. The van der Waals surface area contributed by atoms with Crippen molar-refractivity contribution in [3.8, 4) is 11.3 Å². The topological polar surface area (TPSA) is 111 Å². The first-order valence-corrected chi connectivity index (χ1v) is 11.0. The van der Waals surface area contributed by atoms with Gasteiger partial charge in [-0.3, -0.25) is 14.9 Å². The molecular weight excluding hydrogens is 460 g/mol. The Morgan fingerprint density at radius 3 is 2.94 bits per heavy atom. The van der Waals surface area contributed by atoms with Crippen molar-refractivity contribution < 1.29 is 14.1 Å². The summed E-state index contributed by atoms with van der Waals surface area (Å²) in [6.07, 6.45) is 1.32. The summed E-state index contributed by atoms with van der Waals surface area (Å²) >= 11 is 8.69. The summed E-state index contributed by atoms with van der Waals surface area (Å²) in [5, 5.41) is 15.4. The van der Waals surface area contributed by atoms with Crippen molar-refractivity contribution >= 4 is 62.7 Å². The number of aromatic nitrogens is 1. The molecule has 1 N–H and O–H groups in total. The number of hydrogen-bond acceptors (Lipinski definition) is 8. The van der Waals surface area contributed by atoms with Crippen LogP contribution in [0.2, 0.25) is 5.02 Å². The molecule has 0 radical (unpaired) electrons. The van der Waals surface area contributed by atoms with Crippen LogP contribution in [-0.2, 0) is 4.79 Å². The third kappa shape index (κ3) is 5.10. The van der Waals surface area contributed by atoms with Crippen LogP contribution in [0.3, 0.4) is 0 Å². The van der Waals surface area contributed by atoms with Crippen molar-refractivity contribution in [2.75, 3.05) is 5.75 Å². The molecule has 0 fully saturated rings. The molecule has 2 aromatic heterocycles. The summed E-state index contributed by atoms with van der Waals surface area (Å²) < 4.78 is 7.46. The molecule has 4 rings (SSSR count). The Kier molecular flexibility index (Phi) is 6.31. The standard InChI is InChI=1S/C20H13ClN4O4S2/c21-12-5-7-14(16(9-12)25(27)28)17-8-6-13(29-17)10-22-24-19(26)11-30-20-23-15-3-1-2-4-18(15)31-20/h1-10H,11H2,(H,24,26). The highest BCUT2D eigenvalue weighted by atomic mass is 35.5. The number of thiazole rings is 1. The Labute approximate surface area is 189 Å². The lowest BCUT2D eigenvalue weighted by Crippen LogP contribution is -2.19. The third-order valence-corrected chi connectivity index (χ3v) is 6.45. The van der Waals surface area contributed by atoms with E-state index in [9.17, 15) is 14.9 Å². The van der Waals surface area contributed by atoms with Gasteiger partial charge in [-0.05, 0) is 36.4 Å². The molecule has 1 amide bonds. The van der Waals surface area contributed by atoms with Gasteiger partial charge < -0.3 is 4.42 Å². The highest BCUT2D eigenvalue weighted by molar-refractivity contribution is 8.01. The normalized spacial score (nSPS) is 11.3. The number of rotatable bonds is 7. The second kappa shape index (κ2) is 9.29. The average molecular weight is 473 g/mol. The number of benzene rings is 2. The van der Waals surface area contributed by atoms with Crippen molar-refractivity contribution in [3.63, 3.8) is 0 Å². The largest absolute Gasteiger partial charge is 0.455 e. The predicted molar refractivity (Wildman–Crippen MR) is 122 cm³/mol. The number of fused-ring (bicyclic) bond motifs is 1. The van der Waals surface area contributed by atoms with E-state index in [0.717, 1.165) is 14.6 Å². The van der Waals surface area contributed by atoms with Crippen LogP contribution < -0.4 is 5.43 Å². The Balaban J connectivity index is 1.35. The van der Waals surface area contributed by atoms with E-state index in [1.54, 1.807) is 18.2 Å². The van der Waals surface area contributed by atoms with Crippen LogP contribution in [0.5, 0.6) is 0 Å². The van der Waals surface area contributed by atoms with Gasteiger partial charge in [0.2, 0.25) is 0 Å². The number of halogens is 1. The first-order valence-electron chi connectivity index (χ1n) is 8.84. The van der Waals surface area contributed by atoms with Gasteiger partial charge in [0, 0.05) is 11.1 Å². The van der Waals surface area contributed by atoms with Crippen LogP contribution in [0.4, 0.5) is 5.69 Å². The van der Waals surface area contributed by atoms with Crippen LogP contribution in [0.15, 0.2) is 68.5 Å². The molecule has 0 aliphatic rings. The van der Waals surface area contributed by atoms with Gasteiger partial charge in [-0.1, -0.05) is 35.5 Å². The van der Waals surface area contributed by atoms with Crippen LogP contribution in [0.25, 0.3) is 21.5 Å². The quantitative estimate of drug-likeness (QED) is 0.168. The van der Waals surface area contributed by atoms with E-state index < -0.39 is 4.92 Å². The summed E-state index contributed by atoms with van der Waals surface area (Å²) in [4.78, 5) is 27.2. The molecule has 0 bridgehead atoms. The summed E-state index contributed by atoms with van der Waals surface area (Å²) in [7, 11) is 0. The number of carbonyl (C=O) groups is 1. The molecule has 0 spiro atoms. The number of nitrogens with one attached hydrogen (secondary N) is 1. The van der Waals surface area contributed by atoms with E-state index in [1.807, 2.05) is 24.3 Å².